The molecule has 0 aliphatic heterocycles. The van der Waals surface area contributed by atoms with Gasteiger partial charge in [0.05, 0.1) is 15.7 Å². The summed E-state index contributed by atoms with van der Waals surface area (Å²) in [6.45, 7) is 0. The van der Waals surface area contributed by atoms with Crippen molar-refractivity contribution in [2.75, 3.05) is 11.1 Å². The van der Waals surface area contributed by atoms with Gasteiger partial charge in [0, 0.05) is 6.20 Å². The maximum absolute atomic E-state index is 8.96. The highest BCUT2D eigenvalue weighted by atomic mass is 79.9. The summed E-state index contributed by atoms with van der Waals surface area (Å²) in [7, 11) is 0. The van der Waals surface area contributed by atoms with Gasteiger partial charge in [-0.15, -0.1) is 0 Å². The van der Waals surface area contributed by atoms with Gasteiger partial charge >= 0.3 is 0 Å². The molecule has 0 aliphatic carbocycles. The summed E-state index contributed by atoms with van der Waals surface area (Å²) in [6, 6.07) is 9.25. The summed E-state index contributed by atoms with van der Waals surface area (Å²) in [5.74, 6) is 0.699. The van der Waals surface area contributed by atoms with Crippen LogP contribution in [-0.4, -0.2) is 9.97 Å². The van der Waals surface area contributed by atoms with Crippen LogP contribution in [0.2, 0.25) is 0 Å². The number of nitrogens with zero attached hydrogens (tertiary/aromatic N) is 3. The van der Waals surface area contributed by atoms with Crippen molar-refractivity contribution in [2.24, 2.45) is 0 Å². The molecule has 0 saturated heterocycles. The van der Waals surface area contributed by atoms with Crippen LogP contribution in [0.15, 0.2) is 34.9 Å². The van der Waals surface area contributed by atoms with Crippen molar-refractivity contribution in [3.8, 4) is 6.07 Å². The van der Waals surface area contributed by atoms with E-state index in [0.29, 0.717) is 21.5 Å². The monoisotopic (exact) mass is 289 g/mol. The van der Waals surface area contributed by atoms with E-state index in [1.807, 2.05) is 6.07 Å². The van der Waals surface area contributed by atoms with Crippen LogP contribution in [0.3, 0.4) is 0 Å². The molecule has 1 aromatic carbocycles. The van der Waals surface area contributed by atoms with E-state index < -0.39 is 0 Å². The SMILES string of the molecule is N#Cc1ccccc1Nc1nc(N)ncc1Br. The second-order valence-corrected chi connectivity index (χ2v) is 4.06. The van der Waals surface area contributed by atoms with E-state index in [9.17, 15) is 0 Å². The van der Waals surface area contributed by atoms with E-state index in [0.717, 1.165) is 0 Å². The second-order valence-electron chi connectivity index (χ2n) is 3.21. The van der Waals surface area contributed by atoms with Gasteiger partial charge in [0.2, 0.25) is 5.95 Å². The van der Waals surface area contributed by atoms with Crippen molar-refractivity contribution in [2.45, 2.75) is 0 Å². The average Bonchev–Trinajstić information content (AvgIpc) is 2.34. The lowest BCUT2D eigenvalue weighted by Crippen LogP contribution is -2.01. The quantitative estimate of drug-likeness (QED) is 0.887. The van der Waals surface area contributed by atoms with Crippen LogP contribution in [0.25, 0.3) is 0 Å². The number of aromatic nitrogens is 2. The third kappa shape index (κ3) is 2.52. The number of para-hydroxylation sites is 1. The number of nitrogen functional groups attached to an aromatic ring is 1. The topological polar surface area (TPSA) is 87.6 Å². The highest BCUT2D eigenvalue weighted by molar-refractivity contribution is 9.10. The molecule has 0 atom stereocenters. The van der Waals surface area contributed by atoms with E-state index in [4.69, 9.17) is 11.0 Å². The van der Waals surface area contributed by atoms with Crippen LogP contribution in [0.1, 0.15) is 5.56 Å². The van der Waals surface area contributed by atoms with Gasteiger partial charge in [0.15, 0.2) is 0 Å². The molecule has 0 amide bonds. The lowest BCUT2D eigenvalue weighted by Gasteiger charge is -2.08. The van der Waals surface area contributed by atoms with Crippen molar-refractivity contribution < 1.29 is 0 Å². The predicted octanol–water partition coefficient (Wildman–Crippen LogP) is 2.44. The molecule has 0 saturated carbocycles. The minimum Gasteiger partial charge on any atom is -0.368 e. The zero-order valence-corrected chi connectivity index (χ0v) is 10.3. The van der Waals surface area contributed by atoms with Crippen LogP contribution in [0, 0.1) is 11.3 Å². The zero-order chi connectivity index (χ0) is 12.3. The zero-order valence-electron chi connectivity index (χ0n) is 8.68. The Bertz CT molecular complexity index is 591. The van der Waals surface area contributed by atoms with Crippen molar-refractivity contribution in [1.82, 2.24) is 9.97 Å². The van der Waals surface area contributed by atoms with Crippen LogP contribution in [-0.2, 0) is 0 Å². The Hall–Kier alpha value is -2.13. The molecular weight excluding hydrogens is 282 g/mol. The van der Waals surface area contributed by atoms with Gasteiger partial charge in [-0.2, -0.15) is 10.2 Å². The molecule has 0 fully saturated rings. The molecule has 6 heteroatoms. The van der Waals surface area contributed by atoms with Crippen LogP contribution < -0.4 is 11.1 Å². The third-order valence-corrected chi connectivity index (χ3v) is 2.64. The number of hydrogen-bond acceptors (Lipinski definition) is 5. The Morgan fingerprint density at radius 3 is 2.88 bits per heavy atom. The van der Waals surface area contributed by atoms with Gasteiger partial charge in [-0.3, -0.25) is 0 Å². The molecule has 0 bridgehead atoms. The van der Waals surface area contributed by atoms with Gasteiger partial charge < -0.3 is 11.1 Å². The smallest absolute Gasteiger partial charge is 0.222 e. The Labute approximate surface area is 106 Å². The van der Waals surface area contributed by atoms with Crippen molar-refractivity contribution >= 4 is 33.4 Å². The summed E-state index contributed by atoms with van der Waals surface area (Å²) < 4.78 is 0.680. The number of hydrogen-bond donors (Lipinski definition) is 2. The average molecular weight is 290 g/mol. The summed E-state index contributed by atoms with van der Waals surface area (Å²) >= 11 is 3.31. The fourth-order valence-corrected chi connectivity index (χ4v) is 1.58. The highest BCUT2D eigenvalue weighted by Crippen LogP contribution is 2.25. The first-order valence-corrected chi connectivity index (χ1v) is 5.54. The first-order chi connectivity index (χ1) is 8.20. The number of benzene rings is 1. The first-order valence-electron chi connectivity index (χ1n) is 4.75. The molecule has 0 radical (unpaired) electrons. The Morgan fingerprint density at radius 2 is 2.12 bits per heavy atom. The fourth-order valence-electron chi connectivity index (χ4n) is 1.29. The Balaban J connectivity index is 2.38. The molecule has 0 aliphatic rings. The molecular formula is C11H8BrN5. The van der Waals surface area contributed by atoms with Crippen molar-refractivity contribution in [1.29, 1.82) is 5.26 Å². The van der Waals surface area contributed by atoms with E-state index in [1.54, 1.807) is 24.4 Å². The van der Waals surface area contributed by atoms with Gasteiger partial charge in [0.1, 0.15) is 11.9 Å². The van der Waals surface area contributed by atoms with E-state index in [-0.39, 0.29) is 5.95 Å². The largest absolute Gasteiger partial charge is 0.368 e. The summed E-state index contributed by atoms with van der Waals surface area (Å²) in [5, 5.41) is 12.0. The number of nitriles is 1. The Morgan fingerprint density at radius 1 is 1.35 bits per heavy atom. The van der Waals surface area contributed by atoms with Crippen LogP contribution in [0.5, 0.6) is 0 Å². The number of anilines is 3. The number of nitrogens with two attached hydrogens (primary N) is 1. The minimum atomic E-state index is 0.171. The molecule has 84 valence electrons. The fraction of sp³-hybridized carbons (Fsp3) is 0. The molecule has 0 spiro atoms. The van der Waals surface area contributed by atoms with Gasteiger partial charge in [-0.1, -0.05) is 12.1 Å². The van der Waals surface area contributed by atoms with Gasteiger partial charge in [-0.25, -0.2) is 4.98 Å². The van der Waals surface area contributed by atoms with Gasteiger partial charge in [-0.05, 0) is 28.1 Å². The number of halogens is 1. The summed E-state index contributed by atoms with van der Waals surface area (Å²) in [6.07, 6.45) is 1.56. The number of nitrogens with one attached hydrogen (secondary N) is 1. The normalized spacial score (nSPS) is 9.65. The van der Waals surface area contributed by atoms with E-state index in [1.165, 1.54) is 0 Å². The second kappa shape index (κ2) is 4.80. The van der Waals surface area contributed by atoms with Crippen LogP contribution in [0.4, 0.5) is 17.5 Å². The molecule has 0 unspecified atom stereocenters. The third-order valence-electron chi connectivity index (χ3n) is 2.06. The van der Waals surface area contributed by atoms with E-state index in [2.05, 4.69) is 37.3 Å². The number of rotatable bonds is 2. The van der Waals surface area contributed by atoms with Crippen molar-refractivity contribution in [3.63, 3.8) is 0 Å². The first kappa shape index (κ1) is 11.4. The lowest BCUT2D eigenvalue weighted by molar-refractivity contribution is 1.17. The maximum Gasteiger partial charge on any atom is 0.222 e. The summed E-state index contributed by atoms with van der Waals surface area (Å²) in [4.78, 5) is 7.88. The molecule has 17 heavy (non-hydrogen) atoms. The molecule has 1 heterocycles. The molecule has 2 aromatic rings. The molecule has 2 rings (SSSR count). The standard InChI is InChI=1S/C11H8BrN5/c12-8-6-15-11(14)17-10(8)16-9-4-2-1-3-7(9)5-13/h1-4,6H,(H3,14,15,16,17). The van der Waals surface area contributed by atoms with Gasteiger partial charge in [0.25, 0.3) is 0 Å². The maximum atomic E-state index is 8.96. The Kier molecular flexibility index (Phi) is 3.21. The van der Waals surface area contributed by atoms with Crippen molar-refractivity contribution in [3.05, 3.63) is 40.5 Å². The predicted molar refractivity (Wildman–Crippen MR) is 68.6 cm³/mol. The highest BCUT2D eigenvalue weighted by Gasteiger charge is 2.06. The lowest BCUT2D eigenvalue weighted by atomic mass is 10.2. The van der Waals surface area contributed by atoms with E-state index >= 15 is 0 Å². The minimum absolute atomic E-state index is 0.171. The molecule has 1 aromatic heterocycles. The molecule has 5 nitrogen and oxygen atoms in total. The van der Waals surface area contributed by atoms with Crippen LogP contribution >= 0.6 is 15.9 Å². The summed E-state index contributed by atoms with van der Waals surface area (Å²) in [5.41, 5.74) is 6.72. The molecule has 3 N–H and O–H groups in total.